The van der Waals surface area contributed by atoms with Gasteiger partial charge in [0.25, 0.3) is 0 Å². The topological polar surface area (TPSA) is 40.5 Å². The van der Waals surface area contributed by atoms with Gasteiger partial charge in [-0.1, -0.05) is 12.1 Å². The smallest absolute Gasteiger partial charge is 0.0319 e. The van der Waals surface area contributed by atoms with Gasteiger partial charge in [-0.05, 0) is 0 Å². The minimum atomic E-state index is 0. The molecule has 0 aliphatic rings. The molecule has 2 nitrogen and oxygen atoms in total. The Balaban J connectivity index is 0. The zero-order chi connectivity index (χ0) is 24.7. The van der Waals surface area contributed by atoms with Gasteiger partial charge in [-0.25, -0.2) is 0 Å². The van der Waals surface area contributed by atoms with E-state index >= 15 is 0 Å². The summed E-state index contributed by atoms with van der Waals surface area (Å²) in [6.45, 7) is 0. The van der Waals surface area contributed by atoms with Crippen LogP contribution in [0.4, 0.5) is 0 Å². The Hall–Kier alpha value is -3.10. The standard InChI is InChI=1S/2C9H7.2C6H5.2CH4O.CH3.Zr/c2*1-2-5-9-7-3-6-8(9)4-1;2*1-2-4-6-5-3-1;2*1-2;;/h2*1-7H;2*1-5H;2*2H,1H3;1H3;/q4*-1;;;-1;. The Morgan fingerprint density at radius 3 is 1.06 bits per heavy atom. The molecule has 0 spiro atoms. The second-order valence-corrected chi connectivity index (χ2v) is 6.46. The molecule has 0 radical (unpaired) electrons. The van der Waals surface area contributed by atoms with E-state index in [4.69, 9.17) is 10.2 Å². The van der Waals surface area contributed by atoms with Crippen molar-refractivity contribution in [3.05, 3.63) is 165 Å². The van der Waals surface area contributed by atoms with E-state index in [0.717, 1.165) is 14.2 Å². The first-order valence-corrected chi connectivity index (χ1v) is 10.9. The molecule has 0 atom stereocenters. The summed E-state index contributed by atoms with van der Waals surface area (Å²) in [7, 11) is 2.00. The molecule has 0 amide bonds. The van der Waals surface area contributed by atoms with Crippen molar-refractivity contribution >= 4 is 21.5 Å². The average molecular weight is 555 g/mol. The Morgan fingerprint density at radius 1 is 0.472 bits per heavy atom. The number of benzene rings is 4. The zero-order valence-corrected chi connectivity index (χ0v) is 23.7. The van der Waals surface area contributed by atoms with E-state index in [1.165, 1.54) is 21.5 Å². The van der Waals surface area contributed by atoms with E-state index in [0.29, 0.717) is 0 Å². The van der Waals surface area contributed by atoms with Gasteiger partial charge in [-0.15, -0.1) is 59.3 Å². The summed E-state index contributed by atoms with van der Waals surface area (Å²) in [5.74, 6) is 0. The number of aliphatic hydroxyl groups is 2. The van der Waals surface area contributed by atoms with Gasteiger partial charge in [0.15, 0.2) is 0 Å². The normalized spacial score (nSPS) is 8.11. The molecule has 0 saturated heterocycles. The van der Waals surface area contributed by atoms with Crippen molar-refractivity contribution in [2.24, 2.45) is 0 Å². The van der Waals surface area contributed by atoms with Gasteiger partial charge in [0.2, 0.25) is 0 Å². The molecule has 0 saturated carbocycles. The van der Waals surface area contributed by atoms with Crippen molar-refractivity contribution in [2.75, 3.05) is 14.2 Å². The summed E-state index contributed by atoms with van der Waals surface area (Å²) >= 11 is 0. The number of rotatable bonds is 0. The van der Waals surface area contributed by atoms with Crippen molar-refractivity contribution in [1.29, 1.82) is 0 Å². The zero-order valence-electron chi connectivity index (χ0n) is 21.3. The maximum absolute atomic E-state index is 7.00. The second kappa shape index (κ2) is 25.0. The molecule has 0 fully saturated rings. The van der Waals surface area contributed by atoms with Crippen molar-refractivity contribution in [1.82, 2.24) is 0 Å². The summed E-state index contributed by atoms with van der Waals surface area (Å²) in [5, 5.41) is 19.3. The molecule has 3 heteroatoms. The molecule has 0 heterocycles. The van der Waals surface area contributed by atoms with Gasteiger partial charge in [0.1, 0.15) is 0 Å². The molecule has 188 valence electrons. The Morgan fingerprint density at radius 2 is 0.806 bits per heavy atom. The third-order valence-electron chi connectivity index (χ3n) is 4.31. The molecule has 0 bridgehead atoms. The predicted octanol–water partition coefficient (Wildman–Crippen LogP) is 7.76. The molecule has 36 heavy (non-hydrogen) atoms. The minimum absolute atomic E-state index is 0. The number of hydrogen-bond donors (Lipinski definition) is 2. The van der Waals surface area contributed by atoms with Gasteiger partial charge >= 0.3 is 0 Å². The maximum atomic E-state index is 7.00. The minimum Gasteiger partial charge on any atom is -0.400 e. The van der Waals surface area contributed by atoms with Crippen molar-refractivity contribution in [3.8, 4) is 0 Å². The third-order valence-corrected chi connectivity index (χ3v) is 4.31. The number of aliphatic hydroxyl groups excluding tert-OH is 2. The number of hydrogen-bond acceptors (Lipinski definition) is 2. The monoisotopic (exact) mass is 553 g/mol. The second-order valence-electron chi connectivity index (χ2n) is 6.46. The van der Waals surface area contributed by atoms with Gasteiger partial charge in [0, 0.05) is 40.4 Å². The summed E-state index contributed by atoms with van der Waals surface area (Å²) in [6, 6.07) is 54.3. The largest absolute Gasteiger partial charge is 0.400 e. The first-order chi connectivity index (χ1) is 16.9. The first kappa shape index (κ1) is 35.1. The van der Waals surface area contributed by atoms with Crippen LogP contribution in [0.1, 0.15) is 0 Å². The van der Waals surface area contributed by atoms with Crippen LogP contribution in [-0.4, -0.2) is 24.4 Å². The molecule has 0 aromatic heterocycles. The van der Waals surface area contributed by atoms with Crippen LogP contribution >= 0.6 is 0 Å². The van der Waals surface area contributed by atoms with Crippen LogP contribution in [0, 0.1) is 19.6 Å². The molecule has 6 aromatic carbocycles. The fourth-order valence-corrected chi connectivity index (χ4v) is 2.82. The van der Waals surface area contributed by atoms with Crippen LogP contribution in [0.3, 0.4) is 0 Å². The molecule has 0 aliphatic heterocycles. The van der Waals surface area contributed by atoms with Crippen molar-refractivity contribution in [2.45, 2.75) is 0 Å². The maximum Gasteiger partial charge on any atom is 0.0319 e. The SMILES string of the molecule is CO.CO.[CH3-].[Zr].[c-]1ccccc1.[c-]1ccccc1.c1ccc2[cH-]ccc2c1.c1ccc2[cH-]ccc2c1. The van der Waals surface area contributed by atoms with Gasteiger partial charge in [0.05, 0.1) is 0 Å². The quantitative estimate of drug-likeness (QED) is 0.188. The molecule has 0 aliphatic carbocycles. The summed E-state index contributed by atoms with van der Waals surface area (Å²) in [4.78, 5) is 0. The van der Waals surface area contributed by atoms with E-state index < -0.39 is 0 Å². The van der Waals surface area contributed by atoms with Gasteiger partial charge in [-0.2, -0.15) is 108 Å². The van der Waals surface area contributed by atoms with Crippen LogP contribution in [0.15, 0.2) is 146 Å². The van der Waals surface area contributed by atoms with E-state index in [1.54, 1.807) is 0 Å². The van der Waals surface area contributed by atoms with E-state index in [1.807, 2.05) is 60.7 Å². The van der Waals surface area contributed by atoms with Gasteiger partial charge < -0.3 is 17.6 Å². The fraction of sp³-hybridized carbons (Fsp3) is 0.0606. The number of fused-ring (bicyclic) bond motifs is 2. The molecule has 0 unspecified atom stereocenters. The van der Waals surface area contributed by atoms with Crippen molar-refractivity contribution < 1.29 is 36.4 Å². The van der Waals surface area contributed by atoms with E-state index in [2.05, 4.69) is 97.1 Å². The fourth-order valence-electron chi connectivity index (χ4n) is 2.82. The molecular formula is C33H35O2Zr-5. The van der Waals surface area contributed by atoms with Crippen LogP contribution in [-0.2, 0) is 26.2 Å². The van der Waals surface area contributed by atoms with Crippen LogP contribution in [0.25, 0.3) is 21.5 Å². The molecule has 6 aromatic rings. The Kier molecular flexibility index (Phi) is 24.4. The predicted molar refractivity (Wildman–Crippen MR) is 152 cm³/mol. The molecular weight excluding hydrogens is 520 g/mol. The third kappa shape index (κ3) is 15.0. The summed E-state index contributed by atoms with van der Waals surface area (Å²) in [6.07, 6.45) is 0. The first-order valence-electron chi connectivity index (χ1n) is 10.9. The van der Waals surface area contributed by atoms with Crippen LogP contribution in [0.5, 0.6) is 0 Å². The van der Waals surface area contributed by atoms with E-state index in [-0.39, 0.29) is 33.6 Å². The summed E-state index contributed by atoms with van der Waals surface area (Å²) in [5.41, 5.74) is 0. The van der Waals surface area contributed by atoms with E-state index in [9.17, 15) is 0 Å². The Bertz CT molecular complexity index is 984. The van der Waals surface area contributed by atoms with Gasteiger partial charge in [-0.3, -0.25) is 0 Å². The van der Waals surface area contributed by atoms with Crippen LogP contribution < -0.4 is 0 Å². The van der Waals surface area contributed by atoms with Crippen molar-refractivity contribution in [3.63, 3.8) is 0 Å². The van der Waals surface area contributed by atoms with Crippen LogP contribution in [0.2, 0.25) is 0 Å². The molecule has 6 rings (SSSR count). The summed E-state index contributed by atoms with van der Waals surface area (Å²) < 4.78 is 0. The average Bonchev–Trinajstić information content (AvgIpc) is 3.64. The molecule has 2 N–H and O–H groups in total. The Labute approximate surface area is 236 Å².